The molecule has 11 atom stereocenters. The average Bonchev–Trinajstić information content (AvgIpc) is 3.17. The van der Waals surface area contributed by atoms with Crippen LogP contribution in [0.5, 0.6) is 0 Å². The van der Waals surface area contributed by atoms with Crippen LogP contribution in [0.4, 0.5) is 0 Å². The third-order valence-electron chi connectivity index (χ3n) is 11.6. The highest BCUT2D eigenvalue weighted by Crippen LogP contribution is 2.40. The number of hydrogen-bond donors (Lipinski definition) is 1. The largest absolute Gasteiger partial charge is 0.411 e. The lowest BCUT2D eigenvalue weighted by Crippen LogP contribution is -2.62. The molecule has 0 unspecified atom stereocenters. The lowest BCUT2D eigenvalue weighted by atomic mass is 9.97. The lowest BCUT2D eigenvalue weighted by molar-refractivity contribution is -0.347. The molecule has 1 N–H and O–H groups in total. The number of ether oxygens (including phenoxy) is 8. The van der Waals surface area contributed by atoms with Crippen molar-refractivity contribution in [3.63, 3.8) is 0 Å². The summed E-state index contributed by atoms with van der Waals surface area (Å²) in [6, 6.07) is 29.8. The molecule has 0 radical (unpaired) electrons. The molecule has 56 heavy (non-hydrogen) atoms. The summed E-state index contributed by atoms with van der Waals surface area (Å²) in [7, 11) is -1.92. The molecule has 0 saturated carbocycles. The Morgan fingerprint density at radius 1 is 0.607 bits per heavy atom. The first-order chi connectivity index (χ1) is 26.9. The maximum Gasteiger partial charge on any atom is 0.192 e. The van der Waals surface area contributed by atoms with Crippen molar-refractivity contribution < 1.29 is 47.4 Å². The van der Waals surface area contributed by atoms with E-state index in [2.05, 4.69) is 40.8 Å². The van der Waals surface area contributed by atoms with Crippen molar-refractivity contribution in [2.24, 2.45) is 0 Å². The molecular weight excluding hydrogens is 729 g/mol. The summed E-state index contributed by atoms with van der Waals surface area (Å²) in [5.41, 5.74) is 3.00. The summed E-state index contributed by atoms with van der Waals surface area (Å²) >= 11 is 0. The highest BCUT2D eigenvalue weighted by molar-refractivity contribution is 6.74. The van der Waals surface area contributed by atoms with Crippen molar-refractivity contribution in [1.82, 2.24) is 0 Å². The first-order valence-corrected chi connectivity index (χ1v) is 23.3. The highest BCUT2D eigenvalue weighted by atomic mass is 28.4. The van der Waals surface area contributed by atoms with Gasteiger partial charge >= 0.3 is 0 Å². The van der Waals surface area contributed by atoms with Gasteiger partial charge in [0, 0.05) is 12.8 Å². The minimum atomic E-state index is -1.92. The van der Waals surface area contributed by atoms with Crippen molar-refractivity contribution in [3.05, 3.63) is 108 Å². The fourth-order valence-electron chi connectivity index (χ4n) is 7.28. The Hall–Kier alpha value is -2.52. The quantitative estimate of drug-likeness (QED) is 0.143. The van der Waals surface area contributed by atoms with E-state index in [4.69, 9.17) is 42.3 Å². The second-order valence-electron chi connectivity index (χ2n) is 17.0. The van der Waals surface area contributed by atoms with E-state index in [1.165, 1.54) is 0 Å². The summed E-state index contributed by atoms with van der Waals surface area (Å²) in [6.45, 7) is 16.6. The van der Waals surface area contributed by atoms with Gasteiger partial charge in [-0.15, -0.1) is 0 Å². The molecule has 0 aromatic heterocycles. The smallest absolute Gasteiger partial charge is 0.192 e. The van der Waals surface area contributed by atoms with Crippen LogP contribution in [0.15, 0.2) is 91.0 Å². The van der Waals surface area contributed by atoms with E-state index in [0.29, 0.717) is 19.6 Å². The fourth-order valence-corrected chi connectivity index (χ4v) is 8.70. The van der Waals surface area contributed by atoms with Crippen molar-refractivity contribution in [1.29, 1.82) is 0 Å². The molecule has 0 spiro atoms. The van der Waals surface area contributed by atoms with Gasteiger partial charge in [-0.3, -0.25) is 0 Å². The number of hydrogen-bond acceptors (Lipinski definition) is 10. The molecule has 3 aromatic carbocycles. The minimum Gasteiger partial charge on any atom is -0.411 e. The Kier molecular flexibility index (Phi) is 15.3. The summed E-state index contributed by atoms with van der Waals surface area (Å²) in [4.78, 5) is 0. The standard InChI is InChI=1S/C45H64O10Si/c1-31-36(52-39-26-24-37(32(2)51-39)55-56(6,7)45(3,4)5)23-25-40(50-31)54-41-38(30-47-27-33-17-11-8-12-18-33)53-44(46)43(49-29-35-21-15-10-16-22-35)42(41)48-28-34-19-13-9-14-20-34/h8-22,31-32,36-44,46H,23-30H2,1-7H3/t31-,32-,36-,37-,38+,39-,40-,41+,42-,43+,44-/m0/s1. The van der Waals surface area contributed by atoms with Crippen molar-refractivity contribution in [3.8, 4) is 0 Å². The predicted octanol–water partition coefficient (Wildman–Crippen LogP) is 8.30. The maximum atomic E-state index is 11.5. The van der Waals surface area contributed by atoms with E-state index in [-0.39, 0.29) is 49.0 Å². The van der Waals surface area contributed by atoms with Gasteiger partial charge in [-0.05, 0) is 61.5 Å². The lowest BCUT2D eigenvalue weighted by Gasteiger charge is -2.47. The molecule has 3 aromatic rings. The molecule has 6 rings (SSSR count). The van der Waals surface area contributed by atoms with Gasteiger partial charge in [-0.25, -0.2) is 0 Å². The molecule has 10 nitrogen and oxygen atoms in total. The van der Waals surface area contributed by atoms with Crippen molar-refractivity contribution >= 4 is 8.32 Å². The second kappa shape index (κ2) is 20.0. The van der Waals surface area contributed by atoms with E-state index in [1.54, 1.807) is 0 Å². The molecule has 3 aliphatic heterocycles. The van der Waals surface area contributed by atoms with Crippen molar-refractivity contribution in [2.75, 3.05) is 6.61 Å². The fraction of sp³-hybridized carbons (Fsp3) is 0.600. The molecule has 3 aliphatic rings. The van der Waals surface area contributed by atoms with Crippen LogP contribution in [-0.4, -0.2) is 87.7 Å². The number of rotatable bonds is 16. The Bertz CT molecular complexity index is 1570. The van der Waals surface area contributed by atoms with E-state index < -0.39 is 45.3 Å². The summed E-state index contributed by atoms with van der Waals surface area (Å²) in [6.07, 6.45) is -2.53. The van der Waals surface area contributed by atoms with E-state index >= 15 is 0 Å². The minimum absolute atomic E-state index is 0.0620. The first-order valence-electron chi connectivity index (χ1n) is 20.4. The summed E-state index contributed by atoms with van der Waals surface area (Å²) in [5.74, 6) is 0. The molecule has 0 aliphatic carbocycles. The van der Waals surface area contributed by atoms with Gasteiger partial charge in [-0.2, -0.15) is 0 Å². The summed E-state index contributed by atoms with van der Waals surface area (Å²) in [5, 5.41) is 11.6. The van der Waals surface area contributed by atoms with Gasteiger partial charge in [0.15, 0.2) is 27.2 Å². The highest BCUT2D eigenvalue weighted by Gasteiger charge is 2.50. The summed E-state index contributed by atoms with van der Waals surface area (Å²) < 4.78 is 58.6. The Labute approximate surface area is 335 Å². The van der Waals surface area contributed by atoms with E-state index in [9.17, 15) is 5.11 Å². The molecule has 3 heterocycles. The van der Waals surface area contributed by atoms with Crippen molar-refractivity contribution in [2.45, 2.75) is 166 Å². The number of benzene rings is 3. The third-order valence-corrected chi connectivity index (χ3v) is 16.1. The second-order valence-corrected chi connectivity index (χ2v) is 21.7. The van der Waals surface area contributed by atoms with Gasteiger partial charge in [0.25, 0.3) is 0 Å². The molecule has 308 valence electrons. The zero-order chi connectivity index (χ0) is 39.7. The molecule has 0 amide bonds. The molecule has 3 saturated heterocycles. The van der Waals surface area contributed by atoms with Gasteiger partial charge in [0.2, 0.25) is 0 Å². The Morgan fingerprint density at radius 3 is 1.61 bits per heavy atom. The molecular formula is C45H64O10Si. The van der Waals surface area contributed by atoms with Gasteiger partial charge in [0.1, 0.15) is 24.4 Å². The zero-order valence-corrected chi connectivity index (χ0v) is 35.3. The molecule has 11 heteroatoms. The van der Waals surface area contributed by atoms with Crippen LogP contribution in [-0.2, 0) is 62.1 Å². The van der Waals surface area contributed by atoms with Crippen LogP contribution in [0.25, 0.3) is 0 Å². The molecule has 0 bridgehead atoms. The van der Waals surface area contributed by atoms with Gasteiger partial charge < -0.3 is 47.4 Å². The van der Waals surface area contributed by atoms with E-state index in [1.807, 2.05) is 97.9 Å². The van der Waals surface area contributed by atoms with Gasteiger partial charge in [0.05, 0.1) is 50.8 Å². The van der Waals surface area contributed by atoms with Gasteiger partial charge in [-0.1, -0.05) is 112 Å². The van der Waals surface area contributed by atoms with Crippen LogP contribution >= 0.6 is 0 Å². The predicted molar refractivity (Wildman–Crippen MR) is 216 cm³/mol. The topological polar surface area (TPSA) is 103 Å². The van der Waals surface area contributed by atoms with Crippen LogP contribution in [0.2, 0.25) is 18.1 Å². The average molecular weight is 793 g/mol. The van der Waals surface area contributed by atoms with Crippen LogP contribution < -0.4 is 0 Å². The van der Waals surface area contributed by atoms with E-state index in [0.717, 1.165) is 36.0 Å². The van der Waals surface area contributed by atoms with Crippen LogP contribution in [0.3, 0.4) is 0 Å². The number of aliphatic hydroxyl groups excluding tert-OH is 1. The third kappa shape index (κ3) is 11.8. The maximum absolute atomic E-state index is 11.5. The number of aliphatic hydroxyl groups is 1. The normalized spacial score (nSPS) is 31.6. The monoisotopic (exact) mass is 792 g/mol. The zero-order valence-electron chi connectivity index (χ0n) is 34.3. The Balaban J connectivity index is 1.13. The van der Waals surface area contributed by atoms with Crippen LogP contribution in [0.1, 0.15) is 77.0 Å². The Morgan fingerprint density at radius 2 is 1.09 bits per heavy atom. The molecule has 3 fully saturated rings. The first kappa shape index (κ1) is 43.1. The SMILES string of the molecule is C[C@@H]1O[C@@H](O[C@H]2[C@H](OCc3ccccc3)[C@@H](OCc3ccccc3)[C@@H](O)O[C@@H]2COCc2ccccc2)CC[C@@H]1O[C@H]1CC[C@H](O[Si](C)(C)C(C)(C)C)[C@H](C)O1. The van der Waals surface area contributed by atoms with Crippen LogP contribution in [0, 0.1) is 0 Å².